The molecule has 2 aromatic heterocycles. The summed E-state index contributed by atoms with van der Waals surface area (Å²) in [5, 5.41) is 13.5. The highest BCUT2D eigenvalue weighted by molar-refractivity contribution is 7.99. The Balaban J connectivity index is 1.36. The first-order chi connectivity index (χ1) is 13.2. The Morgan fingerprint density at radius 1 is 1.33 bits per heavy atom. The van der Waals surface area contributed by atoms with E-state index in [4.69, 9.17) is 4.42 Å². The van der Waals surface area contributed by atoms with Crippen molar-refractivity contribution in [3.63, 3.8) is 0 Å². The second-order valence-corrected chi connectivity index (χ2v) is 7.21. The van der Waals surface area contributed by atoms with E-state index < -0.39 is 6.03 Å². The van der Waals surface area contributed by atoms with E-state index in [1.54, 1.807) is 17.2 Å². The second-order valence-electron chi connectivity index (χ2n) is 6.27. The Morgan fingerprint density at radius 2 is 2.26 bits per heavy atom. The molecule has 27 heavy (non-hydrogen) atoms. The number of amides is 3. The number of thioether (sulfide) groups is 1. The molecule has 0 unspecified atom stereocenters. The molecule has 144 valence electrons. The van der Waals surface area contributed by atoms with Gasteiger partial charge in [0, 0.05) is 6.54 Å². The molecule has 2 heterocycles. The molecule has 0 fully saturated rings. The van der Waals surface area contributed by atoms with Crippen LogP contribution in [0, 0.1) is 0 Å². The molecule has 0 saturated carbocycles. The van der Waals surface area contributed by atoms with Crippen molar-refractivity contribution in [3.05, 3.63) is 42.1 Å². The van der Waals surface area contributed by atoms with Crippen LogP contribution in [0.15, 0.2) is 45.9 Å². The lowest BCUT2D eigenvalue weighted by molar-refractivity contribution is -0.117. The summed E-state index contributed by atoms with van der Waals surface area (Å²) < 4.78 is 7.09. The quantitative estimate of drug-likeness (QED) is 0.532. The van der Waals surface area contributed by atoms with Gasteiger partial charge in [0.1, 0.15) is 12.1 Å². The molecule has 9 heteroatoms. The minimum atomic E-state index is -0.464. The second kappa shape index (κ2) is 9.96. The summed E-state index contributed by atoms with van der Waals surface area (Å²) in [5.74, 6) is 0.477. The van der Waals surface area contributed by atoms with Gasteiger partial charge in [-0.3, -0.25) is 10.1 Å². The highest BCUT2D eigenvalue weighted by Gasteiger charge is 2.12. The van der Waals surface area contributed by atoms with Crippen LogP contribution < -0.4 is 10.6 Å². The number of aromatic nitrogens is 3. The average molecular weight is 389 g/mol. The fraction of sp³-hybridized carbons (Fsp3) is 0.444. The lowest BCUT2D eigenvalue weighted by atomic mass is 9.97. The van der Waals surface area contributed by atoms with Crippen LogP contribution in [-0.4, -0.2) is 39.0 Å². The van der Waals surface area contributed by atoms with E-state index in [9.17, 15) is 9.59 Å². The molecular formula is C18H23N5O3S. The highest BCUT2D eigenvalue weighted by Crippen LogP contribution is 2.19. The van der Waals surface area contributed by atoms with Crippen molar-refractivity contribution in [2.75, 3.05) is 12.3 Å². The summed E-state index contributed by atoms with van der Waals surface area (Å²) in [6.45, 7) is 1.02. The summed E-state index contributed by atoms with van der Waals surface area (Å²) in [7, 11) is 0. The third-order valence-corrected chi connectivity index (χ3v) is 5.17. The van der Waals surface area contributed by atoms with Gasteiger partial charge in [-0.2, -0.15) is 0 Å². The van der Waals surface area contributed by atoms with E-state index in [1.165, 1.54) is 30.2 Å². The van der Waals surface area contributed by atoms with Crippen LogP contribution in [0.2, 0.25) is 0 Å². The number of carbonyl (C=O) groups excluding carboxylic acids is 2. The van der Waals surface area contributed by atoms with Gasteiger partial charge in [0.15, 0.2) is 5.16 Å². The number of nitrogens with zero attached hydrogens (tertiary/aromatic N) is 3. The average Bonchev–Trinajstić information content (AvgIpc) is 3.33. The van der Waals surface area contributed by atoms with Gasteiger partial charge in [-0.25, -0.2) is 4.79 Å². The van der Waals surface area contributed by atoms with Gasteiger partial charge in [-0.1, -0.05) is 23.4 Å². The van der Waals surface area contributed by atoms with Crippen molar-refractivity contribution in [2.45, 2.75) is 43.8 Å². The van der Waals surface area contributed by atoms with Crippen molar-refractivity contribution < 1.29 is 14.0 Å². The predicted octanol–water partition coefficient (Wildman–Crippen LogP) is 2.73. The zero-order valence-corrected chi connectivity index (χ0v) is 15.8. The van der Waals surface area contributed by atoms with Crippen LogP contribution in [0.1, 0.15) is 37.9 Å². The van der Waals surface area contributed by atoms with Gasteiger partial charge >= 0.3 is 6.03 Å². The molecule has 8 nitrogen and oxygen atoms in total. The molecule has 3 amide bonds. The maximum Gasteiger partial charge on any atom is 0.321 e. The number of urea groups is 1. The molecule has 3 rings (SSSR count). The van der Waals surface area contributed by atoms with Gasteiger partial charge in [0.25, 0.3) is 0 Å². The summed E-state index contributed by atoms with van der Waals surface area (Å²) in [5.41, 5.74) is 1.39. The number of hydrogen-bond acceptors (Lipinski definition) is 6. The fourth-order valence-electron chi connectivity index (χ4n) is 2.84. The van der Waals surface area contributed by atoms with Crippen molar-refractivity contribution in [1.29, 1.82) is 0 Å². The molecule has 2 N–H and O–H groups in total. The van der Waals surface area contributed by atoms with E-state index in [0.29, 0.717) is 18.2 Å². The summed E-state index contributed by atoms with van der Waals surface area (Å²) >= 11 is 1.22. The number of nitrogens with one attached hydrogen (secondary N) is 2. The fourth-order valence-corrected chi connectivity index (χ4v) is 3.56. The molecule has 2 aromatic rings. The third-order valence-electron chi connectivity index (χ3n) is 4.19. The van der Waals surface area contributed by atoms with E-state index >= 15 is 0 Å². The Hall–Kier alpha value is -2.55. The maximum absolute atomic E-state index is 12.0. The Kier molecular flexibility index (Phi) is 7.09. The van der Waals surface area contributed by atoms with Crippen molar-refractivity contribution in [2.24, 2.45) is 0 Å². The predicted molar refractivity (Wildman–Crippen MR) is 101 cm³/mol. The highest BCUT2D eigenvalue weighted by atomic mass is 32.2. The maximum atomic E-state index is 12.0. The zero-order valence-electron chi connectivity index (χ0n) is 15.0. The van der Waals surface area contributed by atoms with E-state index in [-0.39, 0.29) is 11.7 Å². The molecule has 1 aliphatic carbocycles. The number of hydrogen-bond donors (Lipinski definition) is 2. The van der Waals surface area contributed by atoms with Crippen LogP contribution in [0.5, 0.6) is 0 Å². The number of furan rings is 1. The molecule has 1 aliphatic rings. The zero-order chi connectivity index (χ0) is 18.9. The normalized spacial score (nSPS) is 13.9. The Morgan fingerprint density at radius 3 is 3.04 bits per heavy atom. The first kappa shape index (κ1) is 19.2. The molecule has 0 radical (unpaired) electrons. The first-order valence-electron chi connectivity index (χ1n) is 8.99. The van der Waals surface area contributed by atoms with E-state index in [1.807, 2.05) is 12.1 Å². The summed E-state index contributed by atoms with van der Waals surface area (Å²) in [6.07, 6.45) is 11.0. The smallest absolute Gasteiger partial charge is 0.321 e. The van der Waals surface area contributed by atoms with E-state index in [0.717, 1.165) is 25.0 Å². The van der Waals surface area contributed by atoms with Gasteiger partial charge in [-0.05, 0) is 44.2 Å². The molecule has 0 aromatic carbocycles. The SMILES string of the molecule is O=C(CSc1nncn1Cc1ccco1)NC(=O)NCCC1=CCCCC1. The van der Waals surface area contributed by atoms with Crippen molar-refractivity contribution >= 4 is 23.7 Å². The number of allylic oxidation sites excluding steroid dienone is 1. The molecule has 0 bridgehead atoms. The number of carbonyl (C=O) groups is 2. The molecule has 0 atom stereocenters. The topological polar surface area (TPSA) is 102 Å². The summed E-state index contributed by atoms with van der Waals surface area (Å²) in [6, 6.07) is 3.20. The van der Waals surface area contributed by atoms with Crippen LogP contribution in [0.25, 0.3) is 0 Å². The molecule has 0 spiro atoms. The Bertz CT molecular complexity index is 785. The minimum Gasteiger partial charge on any atom is -0.467 e. The van der Waals surface area contributed by atoms with Crippen LogP contribution in [0.4, 0.5) is 4.79 Å². The first-order valence-corrected chi connectivity index (χ1v) is 9.98. The minimum absolute atomic E-state index is 0.0788. The standard InChI is InChI=1S/C18H23N5O3S/c24-16(21-17(25)19-9-8-14-5-2-1-3-6-14)12-27-18-22-20-13-23(18)11-15-7-4-10-26-15/h4-5,7,10,13H,1-3,6,8-9,11-12H2,(H2,19,21,24,25). The van der Waals surface area contributed by atoms with Crippen LogP contribution in [-0.2, 0) is 11.3 Å². The molecular weight excluding hydrogens is 366 g/mol. The lowest BCUT2D eigenvalue weighted by Gasteiger charge is -2.13. The van der Waals surface area contributed by atoms with Gasteiger partial charge in [0.2, 0.25) is 5.91 Å². The molecule has 0 aliphatic heterocycles. The lowest BCUT2D eigenvalue weighted by Crippen LogP contribution is -2.40. The van der Waals surface area contributed by atoms with Gasteiger partial charge in [0.05, 0.1) is 18.6 Å². The van der Waals surface area contributed by atoms with Crippen LogP contribution in [0.3, 0.4) is 0 Å². The number of rotatable bonds is 8. The Labute approximate surface area is 161 Å². The van der Waals surface area contributed by atoms with Crippen molar-refractivity contribution in [3.8, 4) is 0 Å². The molecule has 0 saturated heterocycles. The van der Waals surface area contributed by atoms with Gasteiger partial charge in [-0.15, -0.1) is 10.2 Å². The van der Waals surface area contributed by atoms with Crippen LogP contribution >= 0.6 is 11.8 Å². The third kappa shape index (κ3) is 6.28. The number of imide groups is 1. The summed E-state index contributed by atoms with van der Waals surface area (Å²) in [4.78, 5) is 23.8. The van der Waals surface area contributed by atoms with E-state index in [2.05, 4.69) is 26.9 Å². The van der Waals surface area contributed by atoms with Crippen molar-refractivity contribution in [1.82, 2.24) is 25.4 Å². The monoisotopic (exact) mass is 389 g/mol. The van der Waals surface area contributed by atoms with Gasteiger partial charge < -0.3 is 14.3 Å². The largest absolute Gasteiger partial charge is 0.467 e.